The van der Waals surface area contributed by atoms with Gasteiger partial charge in [-0.2, -0.15) is 0 Å². The summed E-state index contributed by atoms with van der Waals surface area (Å²) in [5.74, 6) is -0.564. The van der Waals surface area contributed by atoms with Gasteiger partial charge in [-0.15, -0.1) is 0 Å². The van der Waals surface area contributed by atoms with Crippen LogP contribution in [0.2, 0.25) is 0 Å². The van der Waals surface area contributed by atoms with E-state index in [0.29, 0.717) is 56.6 Å². The van der Waals surface area contributed by atoms with Crippen LogP contribution in [0.25, 0.3) is 22.3 Å². The van der Waals surface area contributed by atoms with Crippen LogP contribution in [0.15, 0.2) is 48.8 Å². The molecule has 0 bridgehead atoms. The maximum absolute atomic E-state index is 15.5. The summed E-state index contributed by atoms with van der Waals surface area (Å²) in [7, 11) is 1.90. The van der Waals surface area contributed by atoms with E-state index in [-0.39, 0.29) is 10.9 Å². The topological polar surface area (TPSA) is 66.9 Å². The molecule has 39 heavy (non-hydrogen) atoms. The molecule has 0 radical (unpaired) electrons. The summed E-state index contributed by atoms with van der Waals surface area (Å²) < 4.78 is 41.1. The molecule has 0 spiro atoms. The molecule has 2 fully saturated rings. The van der Waals surface area contributed by atoms with Crippen LogP contribution >= 0.6 is 0 Å². The third kappa shape index (κ3) is 4.86. The van der Waals surface area contributed by atoms with Gasteiger partial charge in [0, 0.05) is 57.1 Å². The van der Waals surface area contributed by atoms with E-state index < -0.39 is 11.6 Å². The Labute approximate surface area is 225 Å². The van der Waals surface area contributed by atoms with Gasteiger partial charge in [0.05, 0.1) is 72.0 Å². The Balaban J connectivity index is 1.57. The molecule has 6 rings (SSSR count). The number of anilines is 4. The average molecular weight is 533 g/mol. The lowest BCUT2D eigenvalue weighted by atomic mass is 10.0. The number of halogens is 2. The monoisotopic (exact) mass is 532 g/mol. The number of fused-ring (bicyclic) bond motifs is 1. The van der Waals surface area contributed by atoms with Gasteiger partial charge in [-0.25, -0.2) is 18.7 Å². The number of aromatic nitrogens is 3. The van der Waals surface area contributed by atoms with Crippen molar-refractivity contribution in [1.29, 1.82) is 0 Å². The van der Waals surface area contributed by atoms with Crippen LogP contribution in [0.5, 0.6) is 0 Å². The van der Waals surface area contributed by atoms with Gasteiger partial charge in [0.25, 0.3) is 0 Å². The molecule has 0 atom stereocenters. The fraction of sp³-hybridized carbons (Fsp3) is 0.345. The molecule has 10 heteroatoms. The third-order valence-electron chi connectivity index (χ3n) is 7.34. The maximum Gasteiger partial charge on any atom is 0.152 e. The van der Waals surface area contributed by atoms with Crippen LogP contribution in [0, 0.1) is 18.6 Å². The van der Waals surface area contributed by atoms with Gasteiger partial charge < -0.3 is 24.2 Å². The first-order valence-electron chi connectivity index (χ1n) is 13.1. The van der Waals surface area contributed by atoms with Crippen LogP contribution in [0.3, 0.4) is 0 Å². The predicted molar refractivity (Wildman–Crippen MR) is 148 cm³/mol. The van der Waals surface area contributed by atoms with E-state index in [1.807, 2.05) is 43.3 Å². The van der Waals surface area contributed by atoms with Crippen molar-refractivity contribution in [1.82, 2.24) is 15.0 Å². The van der Waals surface area contributed by atoms with Crippen molar-refractivity contribution in [2.75, 3.05) is 74.4 Å². The van der Waals surface area contributed by atoms with Crippen LogP contribution in [0.1, 0.15) is 5.56 Å². The molecule has 0 N–H and O–H groups in total. The summed E-state index contributed by atoms with van der Waals surface area (Å²) in [5.41, 5.74) is 4.53. The van der Waals surface area contributed by atoms with Gasteiger partial charge in [0.15, 0.2) is 5.82 Å². The van der Waals surface area contributed by atoms with Gasteiger partial charge in [0.1, 0.15) is 11.6 Å². The highest BCUT2D eigenvalue weighted by molar-refractivity contribution is 5.99. The minimum absolute atomic E-state index is 0.228. The summed E-state index contributed by atoms with van der Waals surface area (Å²) in [6, 6.07) is 9.82. The lowest BCUT2D eigenvalue weighted by molar-refractivity contribution is 0.122. The molecule has 2 saturated heterocycles. The third-order valence-corrected chi connectivity index (χ3v) is 7.34. The van der Waals surface area contributed by atoms with Gasteiger partial charge in [0.2, 0.25) is 0 Å². The molecule has 2 aliphatic heterocycles. The summed E-state index contributed by atoms with van der Waals surface area (Å²) >= 11 is 0. The predicted octanol–water partition coefficient (Wildman–Crippen LogP) is 4.72. The first-order valence-corrected chi connectivity index (χ1v) is 13.1. The zero-order valence-electron chi connectivity index (χ0n) is 22.0. The smallest absolute Gasteiger partial charge is 0.152 e. The van der Waals surface area contributed by atoms with Crippen LogP contribution < -0.4 is 14.7 Å². The van der Waals surface area contributed by atoms with Crippen molar-refractivity contribution >= 4 is 33.8 Å². The summed E-state index contributed by atoms with van der Waals surface area (Å²) in [6.45, 7) is 7.31. The van der Waals surface area contributed by atoms with Crippen molar-refractivity contribution in [2.45, 2.75) is 6.92 Å². The molecule has 1 aromatic carbocycles. The van der Waals surface area contributed by atoms with Crippen LogP contribution in [-0.4, -0.2) is 74.6 Å². The van der Waals surface area contributed by atoms with Crippen molar-refractivity contribution in [2.24, 2.45) is 0 Å². The molecule has 4 aromatic rings. The largest absolute Gasteiger partial charge is 0.378 e. The van der Waals surface area contributed by atoms with E-state index in [1.165, 1.54) is 6.07 Å². The standard InChI is InChI=1S/C29H30F2N6O2/c1-19-27(23-5-3-4-6-32-23)34-24-16-20(30)15-22(31)26(24)28(19)35(2)25-17-21(36-7-11-38-12-8-36)18-33-29(25)37-9-13-39-14-10-37/h3-6,15-18H,7-14H2,1-2H3. The quantitative estimate of drug-likeness (QED) is 0.366. The summed E-state index contributed by atoms with van der Waals surface area (Å²) in [6.07, 6.45) is 3.57. The summed E-state index contributed by atoms with van der Waals surface area (Å²) in [4.78, 5) is 20.4. The lowest BCUT2D eigenvalue weighted by Gasteiger charge is -2.35. The van der Waals surface area contributed by atoms with Gasteiger partial charge >= 0.3 is 0 Å². The number of hydrogen-bond acceptors (Lipinski definition) is 8. The summed E-state index contributed by atoms with van der Waals surface area (Å²) in [5, 5.41) is 0.251. The molecular weight excluding hydrogens is 502 g/mol. The molecule has 2 aliphatic rings. The van der Waals surface area contributed by atoms with E-state index in [2.05, 4.69) is 25.8 Å². The Kier molecular flexibility index (Phi) is 6.97. The highest BCUT2D eigenvalue weighted by Gasteiger charge is 2.26. The molecule has 8 nitrogen and oxygen atoms in total. The fourth-order valence-electron chi connectivity index (χ4n) is 5.37. The van der Waals surface area contributed by atoms with Crippen molar-refractivity contribution in [3.8, 4) is 11.4 Å². The van der Waals surface area contributed by atoms with E-state index >= 15 is 4.39 Å². The number of ether oxygens (including phenoxy) is 2. The van der Waals surface area contributed by atoms with Crippen molar-refractivity contribution in [3.05, 3.63) is 66.0 Å². The second-order valence-electron chi connectivity index (χ2n) is 9.72. The van der Waals surface area contributed by atoms with Gasteiger partial charge in [-0.05, 0) is 25.1 Å². The average Bonchev–Trinajstić information content (AvgIpc) is 2.98. The van der Waals surface area contributed by atoms with Crippen molar-refractivity contribution < 1.29 is 18.3 Å². The number of morpholine rings is 2. The highest BCUT2D eigenvalue weighted by Crippen LogP contribution is 2.42. The number of rotatable bonds is 5. The first-order chi connectivity index (χ1) is 19.0. The molecular formula is C29H30F2N6O2. The zero-order chi connectivity index (χ0) is 26.9. The Hall–Kier alpha value is -3.89. The normalized spacial score (nSPS) is 16.1. The number of hydrogen-bond donors (Lipinski definition) is 0. The van der Waals surface area contributed by atoms with Crippen LogP contribution in [0.4, 0.5) is 31.7 Å². The number of nitrogens with zero attached hydrogens (tertiary/aromatic N) is 6. The Morgan fingerprint density at radius 1 is 0.897 bits per heavy atom. The van der Waals surface area contributed by atoms with E-state index in [1.54, 1.807) is 6.20 Å². The molecule has 0 saturated carbocycles. The van der Waals surface area contributed by atoms with E-state index in [0.717, 1.165) is 41.9 Å². The molecule has 0 unspecified atom stereocenters. The first kappa shape index (κ1) is 25.4. The number of pyridine rings is 3. The molecule has 5 heterocycles. The second kappa shape index (κ2) is 10.7. The minimum atomic E-state index is -0.679. The van der Waals surface area contributed by atoms with Gasteiger partial charge in [-0.3, -0.25) is 4.98 Å². The molecule has 0 aliphatic carbocycles. The van der Waals surface area contributed by atoms with E-state index in [4.69, 9.17) is 14.5 Å². The zero-order valence-corrected chi connectivity index (χ0v) is 22.0. The minimum Gasteiger partial charge on any atom is -0.378 e. The molecule has 0 amide bonds. The number of benzene rings is 1. The SMILES string of the molecule is Cc1c(-c2ccccn2)nc2cc(F)cc(F)c2c1N(C)c1cc(N2CCOCC2)cnc1N1CCOCC1. The Morgan fingerprint density at radius 2 is 1.62 bits per heavy atom. The van der Waals surface area contributed by atoms with Gasteiger partial charge in [-0.1, -0.05) is 6.07 Å². The van der Waals surface area contributed by atoms with Crippen molar-refractivity contribution in [3.63, 3.8) is 0 Å². The maximum atomic E-state index is 15.5. The van der Waals surface area contributed by atoms with E-state index in [9.17, 15) is 4.39 Å². The second-order valence-corrected chi connectivity index (χ2v) is 9.72. The Bertz CT molecular complexity index is 1490. The lowest BCUT2D eigenvalue weighted by Crippen LogP contribution is -2.38. The van der Waals surface area contributed by atoms with Crippen LogP contribution in [-0.2, 0) is 9.47 Å². The Morgan fingerprint density at radius 3 is 2.31 bits per heavy atom. The molecule has 202 valence electrons. The highest BCUT2D eigenvalue weighted by atomic mass is 19.1. The molecule has 3 aromatic heterocycles. The fourth-order valence-corrected chi connectivity index (χ4v) is 5.37.